The van der Waals surface area contributed by atoms with Crippen LogP contribution in [0.1, 0.15) is 5.56 Å². The Hall–Kier alpha value is -1.39. The summed E-state index contributed by atoms with van der Waals surface area (Å²) in [6.07, 6.45) is 0.470. The quantitative estimate of drug-likeness (QED) is 0.516. The Kier molecular flexibility index (Phi) is 3.22. The summed E-state index contributed by atoms with van der Waals surface area (Å²) in [5.41, 5.74) is -0.529. The van der Waals surface area contributed by atoms with Crippen LogP contribution in [0, 0.1) is 17.5 Å². The minimum atomic E-state index is -1.70. The maximum absolute atomic E-state index is 12.8. The lowest BCUT2D eigenvalue weighted by Crippen LogP contribution is -1.93. The van der Waals surface area contributed by atoms with E-state index in [0.29, 0.717) is 12.1 Å². The molecule has 0 aliphatic rings. The molecule has 0 amide bonds. The minimum Gasteiger partial charge on any atom is -0.243 e. The van der Waals surface area contributed by atoms with Crippen molar-refractivity contribution in [3.8, 4) is 0 Å². The Labute approximate surface area is 76.7 Å². The smallest absolute Gasteiger partial charge is 0.195 e. The first kappa shape index (κ1) is 10.7. The fourth-order valence-electron chi connectivity index (χ4n) is 0.860. The standard InChI is InChI=1S/C9H5F5/c10-4-6(11)3-5-1-2-7(12)9(14)8(5)13/h1-3H,4H2. The largest absolute Gasteiger partial charge is 0.243 e. The van der Waals surface area contributed by atoms with Crippen LogP contribution in [0.25, 0.3) is 6.08 Å². The highest BCUT2D eigenvalue weighted by molar-refractivity contribution is 5.52. The van der Waals surface area contributed by atoms with Crippen LogP contribution >= 0.6 is 0 Å². The molecule has 1 aromatic carbocycles. The van der Waals surface area contributed by atoms with Crippen LogP contribution in [0.4, 0.5) is 22.0 Å². The molecule has 0 nitrogen and oxygen atoms in total. The Morgan fingerprint density at radius 2 is 1.79 bits per heavy atom. The second-order valence-corrected chi connectivity index (χ2v) is 2.49. The number of rotatable bonds is 2. The van der Waals surface area contributed by atoms with E-state index in [9.17, 15) is 22.0 Å². The van der Waals surface area contributed by atoms with Crippen LogP contribution in [-0.2, 0) is 0 Å². The zero-order valence-electron chi connectivity index (χ0n) is 6.83. The average Bonchev–Trinajstić information content (AvgIpc) is 2.19. The van der Waals surface area contributed by atoms with Crippen LogP contribution in [0.2, 0.25) is 0 Å². The van der Waals surface area contributed by atoms with Gasteiger partial charge in [-0.3, -0.25) is 0 Å². The Bertz CT molecular complexity index is 370. The van der Waals surface area contributed by atoms with Gasteiger partial charge in [-0.15, -0.1) is 0 Å². The maximum Gasteiger partial charge on any atom is 0.195 e. The maximum atomic E-state index is 12.8. The second-order valence-electron chi connectivity index (χ2n) is 2.49. The summed E-state index contributed by atoms with van der Waals surface area (Å²) in [7, 11) is 0. The molecule has 1 aromatic rings. The van der Waals surface area contributed by atoms with Crippen LogP contribution in [0.15, 0.2) is 18.0 Å². The SMILES string of the molecule is FCC(F)=Cc1ccc(F)c(F)c1F. The molecule has 0 aliphatic carbocycles. The van der Waals surface area contributed by atoms with E-state index in [1.54, 1.807) is 0 Å². The highest BCUT2D eigenvalue weighted by atomic mass is 19.2. The van der Waals surface area contributed by atoms with Crippen molar-refractivity contribution in [1.29, 1.82) is 0 Å². The molecule has 0 heterocycles. The van der Waals surface area contributed by atoms with Crippen LogP contribution in [-0.4, -0.2) is 6.67 Å². The first-order valence-electron chi connectivity index (χ1n) is 3.61. The van der Waals surface area contributed by atoms with Gasteiger partial charge in [0.2, 0.25) is 0 Å². The fraction of sp³-hybridized carbons (Fsp3) is 0.111. The van der Waals surface area contributed by atoms with E-state index in [4.69, 9.17) is 0 Å². The van der Waals surface area contributed by atoms with Crippen molar-refractivity contribution in [2.24, 2.45) is 0 Å². The van der Waals surface area contributed by atoms with Crippen molar-refractivity contribution in [1.82, 2.24) is 0 Å². The van der Waals surface area contributed by atoms with Gasteiger partial charge >= 0.3 is 0 Å². The molecular weight excluding hydrogens is 203 g/mol. The van der Waals surface area contributed by atoms with Gasteiger partial charge in [0.1, 0.15) is 12.5 Å². The van der Waals surface area contributed by atoms with E-state index < -0.39 is 35.5 Å². The number of halogens is 5. The van der Waals surface area contributed by atoms with Crippen molar-refractivity contribution >= 4 is 6.08 Å². The third kappa shape index (κ3) is 2.10. The van der Waals surface area contributed by atoms with Crippen LogP contribution in [0.3, 0.4) is 0 Å². The molecule has 0 bridgehead atoms. The van der Waals surface area contributed by atoms with Gasteiger partial charge in [-0.25, -0.2) is 22.0 Å². The first-order chi connectivity index (χ1) is 6.56. The van der Waals surface area contributed by atoms with Gasteiger partial charge in [0.25, 0.3) is 0 Å². The van der Waals surface area contributed by atoms with Gasteiger partial charge in [-0.1, -0.05) is 0 Å². The normalized spacial score (nSPS) is 11.9. The molecule has 0 radical (unpaired) electrons. The minimum absolute atomic E-state index is 0.470. The lowest BCUT2D eigenvalue weighted by atomic mass is 10.2. The summed E-state index contributed by atoms with van der Waals surface area (Å²) >= 11 is 0. The van der Waals surface area contributed by atoms with E-state index in [1.165, 1.54) is 0 Å². The Balaban J connectivity index is 3.18. The third-order valence-corrected chi connectivity index (χ3v) is 1.50. The van der Waals surface area contributed by atoms with E-state index in [-0.39, 0.29) is 0 Å². The third-order valence-electron chi connectivity index (χ3n) is 1.50. The van der Waals surface area contributed by atoms with E-state index in [0.717, 1.165) is 6.07 Å². The Morgan fingerprint density at radius 3 is 2.36 bits per heavy atom. The molecule has 0 fully saturated rings. The lowest BCUT2D eigenvalue weighted by Gasteiger charge is -1.99. The highest BCUT2D eigenvalue weighted by Crippen LogP contribution is 2.18. The van der Waals surface area contributed by atoms with Crippen molar-refractivity contribution < 1.29 is 22.0 Å². The fourth-order valence-corrected chi connectivity index (χ4v) is 0.860. The molecule has 0 spiro atoms. The summed E-state index contributed by atoms with van der Waals surface area (Å²) in [6, 6.07) is 1.46. The number of benzene rings is 1. The second kappa shape index (κ2) is 4.21. The van der Waals surface area contributed by atoms with Gasteiger partial charge in [0.15, 0.2) is 17.5 Å². The summed E-state index contributed by atoms with van der Waals surface area (Å²) in [5, 5.41) is 0. The predicted octanol–water partition coefficient (Wildman–Crippen LogP) is 3.38. The number of hydrogen-bond donors (Lipinski definition) is 0. The molecule has 1 rings (SSSR count). The monoisotopic (exact) mass is 208 g/mol. The number of alkyl halides is 1. The van der Waals surface area contributed by atoms with E-state index in [2.05, 4.69) is 0 Å². The molecule has 0 aromatic heterocycles. The predicted molar refractivity (Wildman–Crippen MR) is 41.4 cm³/mol. The number of hydrogen-bond acceptors (Lipinski definition) is 0. The molecule has 0 N–H and O–H groups in total. The van der Waals surface area contributed by atoms with Crippen molar-refractivity contribution in [3.63, 3.8) is 0 Å². The van der Waals surface area contributed by atoms with E-state index in [1.807, 2.05) is 0 Å². The molecule has 0 saturated heterocycles. The highest BCUT2D eigenvalue weighted by Gasteiger charge is 2.12. The summed E-state index contributed by atoms with van der Waals surface area (Å²) < 4.78 is 61.7. The van der Waals surface area contributed by atoms with Gasteiger partial charge in [-0.05, 0) is 18.2 Å². The zero-order valence-corrected chi connectivity index (χ0v) is 6.83. The molecule has 76 valence electrons. The molecule has 5 heteroatoms. The lowest BCUT2D eigenvalue weighted by molar-refractivity contribution is 0.444. The van der Waals surface area contributed by atoms with E-state index >= 15 is 0 Å². The molecule has 0 unspecified atom stereocenters. The van der Waals surface area contributed by atoms with Crippen LogP contribution in [0.5, 0.6) is 0 Å². The summed E-state index contributed by atoms with van der Waals surface area (Å²) in [5.74, 6) is -5.87. The van der Waals surface area contributed by atoms with Gasteiger partial charge < -0.3 is 0 Å². The molecule has 0 atom stereocenters. The zero-order chi connectivity index (χ0) is 10.7. The molecule has 0 saturated carbocycles. The van der Waals surface area contributed by atoms with Gasteiger partial charge in [-0.2, -0.15) is 0 Å². The van der Waals surface area contributed by atoms with Crippen LogP contribution < -0.4 is 0 Å². The molecular formula is C9H5F5. The Morgan fingerprint density at radius 1 is 1.14 bits per heavy atom. The van der Waals surface area contributed by atoms with Crippen molar-refractivity contribution in [2.45, 2.75) is 0 Å². The average molecular weight is 208 g/mol. The summed E-state index contributed by atoms with van der Waals surface area (Å²) in [4.78, 5) is 0. The number of allylic oxidation sites excluding steroid dienone is 1. The first-order valence-corrected chi connectivity index (χ1v) is 3.61. The van der Waals surface area contributed by atoms with Crippen molar-refractivity contribution in [3.05, 3.63) is 41.0 Å². The molecule has 14 heavy (non-hydrogen) atoms. The molecule has 0 aliphatic heterocycles. The van der Waals surface area contributed by atoms with Gasteiger partial charge in [0, 0.05) is 5.56 Å². The summed E-state index contributed by atoms with van der Waals surface area (Å²) in [6.45, 7) is -1.42. The topological polar surface area (TPSA) is 0 Å². The van der Waals surface area contributed by atoms with Crippen molar-refractivity contribution in [2.75, 3.05) is 6.67 Å². The van der Waals surface area contributed by atoms with Gasteiger partial charge in [0.05, 0.1) is 0 Å².